The van der Waals surface area contributed by atoms with Crippen molar-refractivity contribution in [3.8, 4) is 23.0 Å². The molecule has 0 bridgehead atoms. The first-order chi connectivity index (χ1) is 12.1. The number of ketones is 1. The quantitative estimate of drug-likeness (QED) is 0.418. The van der Waals surface area contributed by atoms with Gasteiger partial charge in [0.05, 0.1) is 25.9 Å². The van der Waals surface area contributed by atoms with Crippen LogP contribution in [0.3, 0.4) is 0 Å². The lowest BCUT2D eigenvalue weighted by atomic mass is 10.0. The largest absolute Gasteiger partial charge is 0.504 e. The van der Waals surface area contributed by atoms with Gasteiger partial charge in [-0.2, -0.15) is 0 Å². The molecule has 3 rings (SSSR count). The molecule has 0 fully saturated rings. The van der Waals surface area contributed by atoms with E-state index in [1.165, 1.54) is 19.4 Å². The smallest absolute Gasteiger partial charge is 0.202 e. The Kier molecular flexibility index (Phi) is 4.35. The molecule has 6 heteroatoms. The Morgan fingerprint density at radius 3 is 2.40 bits per heavy atom. The number of fused-ring (bicyclic) bond motifs is 1. The van der Waals surface area contributed by atoms with Crippen LogP contribution in [0.25, 0.3) is 17.0 Å². The van der Waals surface area contributed by atoms with E-state index in [9.17, 15) is 15.0 Å². The lowest BCUT2D eigenvalue weighted by Crippen LogP contribution is -2.00. The number of aromatic hydroxyl groups is 2. The third-order valence-corrected chi connectivity index (χ3v) is 3.81. The summed E-state index contributed by atoms with van der Waals surface area (Å²) in [6, 6.07) is 8.67. The maximum Gasteiger partial charge on any atom is 0.202 e. The number of phenolic OH excluding ortho intramolecular Hbond substituents is 2. The molecule has 3 aromatic rings. The topological polar surface area (TPSA) is 89.1 Å². The summed E-state index contributed by atoms with van der Waals surface area (Å²) in [6.07, 6.45) is 4.23. The molecule has 0 atom stereocenters. The Hall–Kier alpha value is -3.41. The lowest BCUT2D eigenvalue weighted by Gasteiger charge is -2.10. The number of hydrogen-bond acceptors (Lipinski definition) is 6. The molecule has 0 aliphatic carbocycles. The molecule has 0 amide bonds. The summed E-state index contributed by atoms with van der Waals surface area (Å²) in [6.45, 7) is 0. The fourth-order valence-corrected chi connectivity index (χ4v) is 2.55. The Morgan fingerprint density at radius 2 is 1.76 bits per heavy atom. The molecule has 0 spiro atoms. The Bertz CT molecular complexity index is 950. The highest BCUT2D eigenvalue weighted by Gasteiger charge is 2.25. The van der Waals surface area contributed by atoms with Gasteiger partial charge in [-0.05, 0) is 29.8 Å². The van der Waals surface area contributed by atoms with E-state index in [4.69, 9.17) is 13.9 Å². The van der Waals surface area contributed by atoms with Crippen molar-refractivity contribution in [2.45, 2.75) is 0 Å². The number of allylic oxidation sites excluding steroid dienone is 1. The highest BCUT2D eigenvalue weighted by Crippen LogP contribution is 2.45. The molecule has 0 unspecified atom stereocenters. The second-order valence-electron chi connectivity index (χ2n) is 5.24. The van der Waals surface area contributed by atoms with Gasteiger partial charge in [0.15, 0.2) is 17.1 Å². The van der Waals surface area contributed by atoms with E-state index in [1.807, 2.05) is 0 Å². The van der Waals surface area contributed by atoms with Crippen molar-refractivity contribution in [1.82, 2.24) is 0 Å². The van der Waals surface area contributed by atoms with Gasteiger partial charge < -0.3 is 24.1 Å². The summed E-state index contributed by atoms with van der Waals surface area (Å²) in [5.74, 6) is -0.740. The predicted molar refractivity (Wildman–Crippen MR) is 92.5 cm³/mol. The van der Waals surface area contributed by atoms with Gasteiger partial charge in [-0.25, -0.2) is 0 Å². The zero-order chi connectivity index (χ0) is 18.0. The number of furan rings is 1. The van der Waals surface area contributed by atoms with Crippen LogP contribution in [0.4, 0.5) is 0 Å². The first-order valence-corrected chi connectivity index (χ1v) is 7.42. The average molecular weight is 340 g/mol. The van der Waals surface area contributed by atoms with Crippen molar-refractivity contribution >= 4 is 22.8 Å². The molecule has 2 aromatic carbocycles. The molecule has 25 heavy (non-hydrogen) atoms. The molecule has 0 radical (unpaired) electrons. The molecule has 0 aliphatic rings. The van der Waals surface area contributed by atoms with Crippen LogP contribution in [0.15, 0.2) is 47.1 Å². The maximum absolute atomic E-state index is 12.6. The molecule has 6 nitrogen and oxygen atoms in total. The fourth-order valence-electron chi connectivity index (χ4n) is 2.55. The normalized spacial score (nSPS) is 11.1. The van der Waals surface area contributed by atoms with E-state index in [-0.39, 0.29) is 16.9 Å². The molecular weight excluding hydrogens is 324 g/mol. The SMILES string of the molecule is COc1ccc(/C=C/C(=O)c2c(O)c(O)c3occc3c2OC)cc1. The summed E-state index contributed by atoms with van der Waals surface area (Å²) in [5, 5.41) is 20.7. The van der Waals surface area contributed by atoms with Crippen LogP contribution in [0.2, 0.25) is 0 Å². The van der Waals surface area contributed by atoms with Gasteiger partial charge in [0, 0.05) is 0 Å². The predicted octanol–water partition coefficient (Wildman–Crippen LogP) is 3.76. The summed E-state index contributed by atoms with van der Waals surface area (Å²) >= 11 is 0. The van der Waals surface area contributed by atoms with Crippen LogP contribution in [-0.4, -0.2) is 30.2 Å². The number of hydrogen-bond donors (Lipinski definition) is 2. The Labute approximate surface area is 143 Å². The number of benzene rings is 2. The second-order valence-corrected chi connectivity index (χ2v) is 5.24. The maximum atomic E-state index is 12.6. The van der Waals surface area contributed by atoms with Gasteiger partial charge in [0.1, 0.15) is 17.1 Å². The third-order valence-electron chi connectivity index (χ3n) is 3.81. The number of ether oxygens (including phenoxy) is 2. The monoisotopic (exact) mass is 340 g/mol. The van der Waals surface area contributed by atoms with E-state index in [0.717, 1.165) is 5.56 Å². The molecule has 128 valence electrons. The van der Waals surface area contributed by atoms with Gasteiger partial charge in [-0.1, -0.05) is 18.2 Å². The molecule has 0 saturated carbocycles. The van der Waals surface area contributed by atoms with Crippen LogP contribution in [0.5, 0.6) is 23.0 Å². The Morgan fingerprint density at radius 1 is 1.04 bits per heavy atom. The van der Waals surface area contributed by atoms with Crippen molar-refractivity contribution in [2.24, 2.45) is 0 Å². The minimum absolute atomic E-state index is 0.0602. The van der Waals surface area contributed by atoms with Gasteiger partial charge >= 0.3 is 0 Å². The fraction of sp³-hybridized carbons (Fsp3) is 0.105. The van der Waals surface area contributed by atoms with Crippen molar-refractivity contribution < 1.29 is 28.9 Å². The molecular formula is C19H16O6. The van der Waals surface area contributed by atoms with E-state index in [1.54, 1.807) is 43.5 Å². The molecule has 0 aliphatic heterocycles. The first kappa shape index (κ1) is 16.4. The van der Waals surface area contributed by atoms with Gasteiger partial charge in [0.25, 0.3) is 0 Å². The minimum atomic E-state index is -0.580. The second kappa shape index (κ2) is 6.60. The molecule has 0 saturated heterocycles. The van der Waals surface area contributed by atoms with E-state index in [2.05, 4.69) is 0 Å². The Balaban J connectivity index is 2.01. The summed E-state index contributed by atoms with van der Waals surface area (Å²) in [7, 11) is 2.95. The number of carbonyl (C=O) groups is 1. The average Bonchev–Trinajstić information content (AvgIpc) is 3.12. The van der Waals surface area contributed by atoms with Crippen molar-refractivity contribution in [3.63, 3.8) is 0 Å². The number of phenols is 2. The minimum Gasteiger partial charge on any atom is -0.504 e. The highest BCUT2D eigenvalue weighted by molar-refractivity contribution is 6.15. The standard InChI is InChI=1S/C19H16O6/c1-23-12-6-3-11(4-7-12)5-8-14(20)15-16(21)17(22)19-13(9-10-25-19)18(15)24-2/h3-10,21-22H,1-2H3/b8-5+. The van der Waals surface area contributed by atoms with E-state index < -0.39 is 17.3 Å². The van der Waals surface area contributed by atoms with Crippen molar-refractivity contribution in [2.75, 3.05) is 14.2 Å². The van der Waals surface area contributed by atoms with Crippen LogP contribution >= 0.6 is 0 Å². The third kappa shape index (κ3) is 2.89. The number of rotatable bonds is 5. The first-order valence-electron chi connectivity index (χ1n) is 7.42. The molecule has 1 aromatic heterocycles. The van der Waals surface area contributed by atoms with Gasteiger partial charge in [0.2, 0.25) is 5.75 Å². The zero-order valence-corrected chi connectivity index (χ0v) is 13.6. The van der Waals surface area contributed by atoms with Crippen LogP contribution in [0.1, 0.15) is 15.9 Å². The number of carbonyl (C=O) groups excluding carboxylic acids is 1. The summed E-state index contributed by atoms with van der Waals surface area (Å²) < 4.78 is 15.5. The molecule has 2 N–H and O–H groups in total. The lowest BCUT2D eigenvalue weighted by molar-refractivity contribution is 0.104. The van der Waals surface area contributed by atoms with E-state index in [0.29, 0.717) is 11.1 Å². The van der Waals surface area contributed by atoms with Crippen molar-refractivity contribution in [1.29, 1.82) is 0 Å². The van der Waals surface area contributed by atoms with Crippen LogP contribution in [0, 0.1) is 0 Å². The van der Waals surface area contributed by atoms with Crippen molar-refractivity contribution in [3.05, 3.63) is 53.8 Å². The van der Waals surface area contributed by atoms with E-state index >= 15 is 0 Å². The highest BCUT2D eigenvalue weighted by atomic mass is 16.5. The number of methoxy groups -OCH3 is 2. The zero-order valence-electron chi connectivity index (χ0n) is 13.6. The van der Waals surface area contributed by atoms with Gasteiger partial charge in [-0.15, -0.1) is 0 Å². The summed E-state index contributed by atoms with van der Waals surface area (Å²) in [4.78, 5) is 12.6. The van der Waals surface area contributed by atoms with Crippen LogP contribution < -0.4 is 9.47 Å². The summed E-state index contributed by atoms with van der Waals surface area (Å²) in [5.41, 5.74) is 0.713. The van der Waals surface area contributed by atoms with Crippen LogP contribution in [-0.2, 0) is 0 Å². The van der Waals surface area contributed by atoms with Gasteiger partial charge in [-0.3, -0.25) is 4.79 Å². The molecule has 1 heterocycles.